The number of aliphatic imine (C=N–C) groups is 1. The maximum atomic E-state index is 13.9. The standard InChI is InChI=1S/C27H26N5OS2/c1-3-29-20-12-11-18(15-28)14-21(20)30-27-31(16-17-8-5-4-6-9-17)25(33)24(35-27)26-32(2)13-7-10-19-22(32)23(19)34-26/h4-6,8-9,11-12,14,19,29H,3,7,10,13,16H2,1-2H3/q+1. The smallest absolute Gasteiger partial charge is 0.273 e. The first-order valence-corrected chi connectivity index (χ1v) is 13.6. The molecule has 3 heterocycles. The van der Waals surface area contributed by atoms with Gasteiger partial charge in [0.2, 0.25) is 0 Å². The predicted octanol–water partition coefficient (Wildman–Crippen LogP) is 5.75. The highest BCUT2D eigenvalue weighted by molar-refractivity contribution is 8.19. The van der Waals surface area contributed by atoms with Crippen LogP contribution in [0.25, 0.3) is 0 Å². The van der Waals surface area contributed by atoms with Crippen LogP contribution in [0.15, 0.2) is 74.1 Å². The highest BCUT2D eigenvalue weighted by atomic mass is 32.2. The van der Waals surface area contributed by atoms with Crippen LogP contribution in [0.3, 0.4) is 0 Å². The summed E-state index contributed by atoms with van der Waals surface area (Å²) in [4.78, 5) is 23.0. The van der Waals surface area contributed by atoms with Crippen LogP contribution in [0.5, 0.6) is 0 Å². The van der Waals surface area contributed by atoms with Gasteiger partial charge in [0, 0.05) is 6.54 Å². The maximum Gasteiger partial charge on any atom is 0.273 e. The second-order valence-electron chi connectivity index (χ2n) is 9.34. The zero-order valence-corrected chi connectivity index (χ0v) is 21.4. The molecule has 0 bridgehead atoms. The third kappa shape index (κ3) is 3.70. The summed E-state index contributed by atoms with van der Waals surface area (Å²) in [5.74, 6) is 0.667. The van der Waals surface area contributed by atoms with Gasteiger partial charge in [0.1, 0.15) is 10.6 Å². The summed E-state index contributed by atoms with van der Waals surface area (Å²) < 4.78 is 0.789. The van der Waals surface area contributed by atoms with Gasteiger partial charge in [0.15, 0.2) is 10.2 Å². The molecule has 176 valence electrons. The Bertz CT molecular complexity index is 1370. The number of thioether (sulfide) groups is 2. The van der Waals surface area contributed by atoms with Crippen LogP contribution in [0.1, 0.15) is 30.9 Å². The van der Waals surface area contributed by atoms with Crippen LogP contribution in [-0.4, -0.2) is 40.6 Å². The van der Waals surface area contributed by atoms with Crippen LogP contribution >= 0.6 is 23.5 Å². The van der Waals surface area contributed by atoms with E-state index in [9.17, 15) is 10.1 Å². The summed E-state index contributed by atoms with van der Waals surface area (Å²) >= 11 is 3.29. The van der Waals surface area contributed by atoms with Crippen molar-refractivity contribution in [1.82, 2.24) is 4.90 Å². The Balaban J connectivity index is 1.43. The molecule has 8 heteroatoms. The van der Waals surface area contributed by atoms with Gasteiger partial charge < -0.3 is 5.32 Å². The molecule has 35 heavy (non-hydrogen) atoms. The summed E-state index contributed by atoms with van der Waals surface area (Å²) in [7, 11) is 2.26. The lowest BCUT2D eigenvalue weighted by molar-refractivity contribution is -0.826. The van der Waals surface area contributed by atoms with Crippen LogP contribution in [0.2, 0.25) is 0 Å². The van der Waals surface area contributed by atoms with Crippen molar-refractivity contribution >= 4 is 46.0 Å². The topological polar surface area (TPSA) is 68.5 Å². The summed E-state index contributed by atoms with van der Waals surface area (Å²) in [6.45, 7) is 4.28. The van der Waals surface area contributed by atoms with Crippen molar-refractivity contribution in [2.75, 3.05) is 25.5 Å². The van der Waals surface area contributed by atoms with E-state index in [-0.39, 0.29) is 5.91 Å². The third-order valence-corrected chi connectivity index (χ3v) is 9.76. The molecule has 3 aliphatic heterocycles. The molecule has 0 radical (unpaired) electrons. The zero-order chi connectivity index (χ0) is 24.2. The number of hydrogen-bond acceptors (Lipinski definition) is 6. The van der Waals surface area contributed by atoms with Gasteiger partial charge in [-0.25, -0.2) is 4.99 Å². The lowest BCUT2D eigenvalue weighted by Gasteiger charge is -2.36. The van der Waals surface area contributed by atoms with Gasteiger partial charge in [-0.3, -0.25) is 14.2 Å². The van der Waals surface area contributed by atoms with Crippen LogP contribution < -0.4 is 5.32 Å². The number of fused-ring (bicyclic) bond motifs is 1. The molecule has 0 aromatic heterocycles. The number of carbonyl (C=O) groups is 1. The maximum absolute atomic E-state index is 13.9. The fraction of sp³-hybridized carbons (Fsp3) is 0.296. The summed E-state index contributed by atoms with van der Waals surface area (Å²) in [5.41, 5.74) is 4.66. The first kappa shape index (κ1) is 22.5. The lowest BCUT2D eigenvalue weighted by Crippen LogP contribution is -2.43. The minimum Gasteiger partial charge on any atom is -0.384 e. The van der Waals surface area contributed by atoms with Crippen molar-refractivity contribution in [2.24, 2.45) is 10.9 Å². The molecular formula is C27H26N5OS2+. The normalized spacial score (nSPS) is 27.9. The van der Waals surface area contributed by atoms with E-state index in [0.29, 0.717) is 28.9 Å². The molecule has 2 saturated heterocycles. The molecule has 1 amide bonds. The lowest BCUT2D eigenvalue weighted by atomic mass is 10.1. The number of nitriles is 1. The Morgan fingerprint density at radius 3 is 2.83 bits per heavy atom. The van der Waals surface area contributed by atoms with Crippen molar-refractivity contribution in [1.29, 1.82) is 5.26 Å². The van der Waals surface area contributed by atoms with Crippen molar-refractivity contribution in [2.45, 2.75) is 26.3 Å². The highest BCUT2D eigenvalue weighted by Gasteiger charge is 2.63. The Morgan fingerprint density at radius 2 is 2.06 bits per heavy atom. The number of nitrogens with zero attached hydrogens (tertiary/aromatic N) is 4. The minimum absolute atomic E-state index is 0.0190. The number of quaternary nitrogens is 1. The van der Waals surface area contributed by atoms with E-state index < -0.39 is 0 Å². The molecule has 2 fully saturated rings. The third-order valence-electron chi connectivity index (χ3n) is 7.05. The summed E-state index contributed by atoms with van der Waals surface area (Å²) in [6.07, 6.45) is 2.44. The largest absolute Gasteiger partial charge is 0.384 e. The first-order valence-electron chi connectivity index (χ1n) is 12.0. The van der Waals surface area contributed by atoms with E-state index in [1.165, 1.54) is 35.2 Å². The number of nitrogens with one attached hydrogen (secondary N) is 1. The number of rotatable bonds is 5. The van der Waals surface area contributed by atoms with Gasteiger partial charge >= 0.3 is 0 Å². The van der Waals surface area contributed by atoms with Crippen molar-refractivity contribution in [3.63, 3.8) is 0 Å². The molecule has 2 aromatic carbocycles. The zero-order valence-electron chi connectivity index (χ0n) is 19.7. The van der Waals surface area contributed by atoms with Crippen molar-refractivity contribution in [3.05, 3.63) is 80.2 Å². The summed E-state index contributed by atoms with van der Waals surface area (Å²) in [5, 5.41) is 14.6. The van der Waals surface area contributed by atoms with Gasteiger partial charge in [-0.2, -0.15) is 5.26 Å². The molecule has 2 unspecified atom stereocenters. The molecule has 4 aliphatic rings. The molecule has 6 rings (SSSR count). The second kappa shape index (κ2) is 8.59. The van der Waals surface area contributed by atoms with E-state index in [4.69, 9.17) is 4.99 Å². The molecule has 0 spiro atoms. The predicted molar refractivity (Wildman–Crippen MR) is 142 cm³/mol. The van der Waals surface area contributed by atoms with Crippen LogP contribution in [-0.2, 0) is 11.3 Å². The van der Waals surface area contributed by atoms with Gasteiger partial charge in [0.05, 0.1) is 54.0 Å². The van der Waals surface area contributed by atoms with Gasteiger partial charge in [-0.1, -0.05) is 30.3 Å². The molecule has 1 aliphatic carbocycles. The fourth-order valence-electron chi connectivity index (χ4n) is 5.29. The van der Waals surface area contributed by atoms with Gasteiger partial charge in [0.25, 0.3) is 5.91 Å². The first-order chi connectivity index (χ1) is 17.0. The number of piperidine rings is 1. The molecule has 2 aromatic rings. The number of allylic oxidation sites excluding steroid dienone is 2. The van der Waals surface area contributed by atoms with Crippen LogP contribution in [0, 0.1) is 17.2 Å². The molecule has 1 N–H and O–H groups in total. The van der Waals surface area contributed by atoms with E-state index >= 15 is 0 Å². The Morgan fingerprint density at radius 1 is 1.23 bits per heavy atom. The fourth-order valence-corrected chi connectivity index (χ4v) is 8.15. The average Bonchev–Trinajstić information content (AvgIpc) is 3.39. The number of carbonyl (C=O) groups excluding carboxylic acids is 1. The molecule has 6 nitrogen and oxygen atoms in total. The molecule has 2 atom stereocenters. The minimum atomic E-state index is 0.0190. The number of amides is 1. The van der Waals surface area contributed by atoms with E-state index in [1.54, 1.807) is 17.0 Å². The Hall–Kier alpha value is -2.99. The number of anilines is 1. The Kier molecular flexibility index (Phi) is 5.52. The highest BCUT2D eigenvalue weighted by Crippen LogP contribution is 2.68. The molecular weight excluding hydrogens is 474 g/mol. The Labute approximate surface area is 214 Å². The quantitative estimate of drug-likeness (QED) is 0.418. The summed E-state index contributed by atoms with van der Waals surface area (Å²) in [6, 6.07) is 17.7. The van der Waals surface area contributed by atoms with E-state index in [0.717, 1.165) is 38.8 Å². The van der Waals surface area contributed by atoms with Crippen molar-refractivity contribution < 1.29 is 9.28 Å². The number of amidine groups is 1. The monoisotopic (exact) mass is 500 g/mol. The van der Waals surface area contributed by atoms with E-state index in [1.807, 2.05) is 55.1 Å². The number of hydrogen-bond donors (Lipinski definition) is 1. The van der Waals surface area contributed by atoms with E-state index in [2.05, 4.69) is 18.4 Å². The van der Waals surface area contributed by atoms with Gasteiger partial charge in [-0.15, -0.1) is 0 Å². The van der Waals surface area contributed by atoms with Gasteiger partial charge in [-0.05, 0) is 67.1 Å². The second-order valence-corrected chi connectivity index (χ2v) is 11.4. The SMILES string of the molecule is CCNc1ccc(C#N)cc1N=C1SC(=C2SC3=C4C3CCC[N+]24C)C(=O)N1Cc1ccccc1. The van der Waals surface area contributed by atoms with Crippen LogP contribution in [0.4, 0.5) is 11.4 Å². The van der Waals surface area contributed by atoms with Crippen molar-refractivity contribution in [3.8, 4) is 6.07 Å². The average molecular weight is 501 g/mol. The number of benzene rings is 2. The molecule has 0 saturated carbocycles.